The highest BCUT2D eigenvalue weighted by atomic mass is 16.5. The Kier molecular flexibility index (Phi) is 6.58. The molecule has 0 saturated heterocycles. The zero-order chi connectivity index (χ0) is 20.6. The summed E-state index contributed by atoms with van der Waals surface area (Å²) in [6.45, 7) is 0.112. The number of nitrogens with one attached hydrogen (secondary N) is 2. The molecule has 0 radical (unpaired) electrons. The van der Waals surface area contributed by atoms with Gasteiger partial charge in [-0.05, 0) is 11.6 Å². The maximum absolute atomic E-state index is 12.5. The second kappa shape index (κ2) is 9.50. The lowest BCUT2D eigenvalue weighted by Gasteiger charge is -2.15. The van der Waals surface area contributed by atoms with Crippen LogP contribution in [0.1, 0.15) is 0 Å². The molecule has 2 N–H and O–H groups in total. The van der Waals surface area contributed by atoms with Gasteiger partial charge in [-0.3, -0.25) is 4.79 Å². The summed E-state index contributed by atoms with van der Waals surface area (Å²) in [5, 5.41) is 6.07. The van der Waals surface area contributed by atoms with E-state index in [2.05, 4.69) is 10.6 Å². The summed E-state index contributed by atoms with van der Waals surface area (Å²) in [5.74, 6) is 1.24. The van der Waals surface area contributed by atoms with Gasteiger partial charge in [-0.25, -0.2) is 0 Å². The summed E-state index contributed by atoms with van der Waals surface area (Å²) in [6, 6.07) is 21.3. The maximum atomic E-state index is 12.5. The first kappa shape index (κ1) is 20.1. The summed E-state index contributed by atoms with van der Waals surface area (Å²) in [6.07, 6.45) is 0. The Bertz CT molecular complexity index is 949. The lowest BCUT2D eigenvalue weighted by molar-refractivity contribution is -0.114. The van der Waals surface area contributed by atoms with Gasteiger partial charge in [0.1, 0.15) is 0 Å². The number of benzene rings is 3. The Morgan fingerprint density at radius 1 is 0.828 bits per heavy atom. The van der Waals surface area contributed by atoms with Gasteiger partial charge in [-0.2, -0.15) is 0 Å². The quantitative estimate of drug-likeness (QED) is 0.594. The molecular formula is C23H24N2O4. The molecule has 6 nitrogen and oxygen atoms in total. The van der Waals surface area contributed by atoms with Crippen LogP contribution in [-0.4, -0.2) is 33.8 Å². The van der Waals surface area contributed by atoms with Gasteiger partial charge in [-0.15, -0.1) is 0 Å². The topological polar surface area (TPSA) is 68.8 Å². The van der Waals surface area contributed by atoms with Crippen LogP contribution in [0.15, 0.2) is 66.7 Å². The molecule has 3 aromatic carbocycles. The number of para-hydroxylation sites is 1. The molecule has 0 aliphatic rings. The van der Waals surface area contributed by atoms with E-state index in [-0.39, 0.29) is 12.5 Å². The van der Waals surface area contributed by atoms with E-state index in [1.807, 2.05) is 54.6 Å². The lowest BCUT2D eigenvalue weighted by Crippen LogP contribution is -2.22. The molecule has 0 bridgehead atoms. The van der Waals surface area contributed by atoms with Crippen LogP contribution in [0.3, 0.4) is 0 Å². The highest BCUT2D eigenvalue weighted by Gasteiger charge is 2.14. The number of ether oxygens (including phenoxy) is 3. The van der Waals surface area contributed by atoms with Crippen molar-refractivity contribution in [3.63, 3.8) is 0 Å². The van der Waals surface area contributed by atoms with Gasteiger partial charge >= 0.3 is 0 Å². The van der Waals surface area contributed by atoms with Crippen molar-refractivity contribution in [1.82, 2.24) is 0 Å². The standard InChI is InChI=1S/C23H24N2O4/c1-27-20-13-17(14-21(28-2)23(20)29-3)25-22(26)15-24-19-12-8-7-11-18(19)16-9-5-4-6-10-16/h4-14,24H,15H2,1-3H3,(H,25,26). The Balaban J connectivity index is 1.72. The average Bonchev–Trinajstić information content (AvgIpc) is 2.77. The average molecular weight is 392 g/mol. The fourth-order valence-electron chi connectivity index (χ4n) is 3.04. The first-order chi connectivity index (χ1) is 14.2. The molecule has 150 valence electrons. The number of methoxy groups -OCH3 is 3. The van der Waals surface area contributed by atoms with E-state index in [1.54, 1.807) is 12.1 Å². The lowest BCUT2D eigenvalue weighted by atomic mass is 10.0. The predicted octanol–water partition coefficient (Wildman–Crippen LogP) is 4.43. The second-order valence-corrected chi connectivity index (χ2v) is 6.23. The fraction of sp³-hybridized carbons (Fsp3) is 0.174. The van der Waals surface area contributed by atoms with Crippen LogP contribution >= 0.6 is 0 Å². The molecule has 3 rings (SSSR count). The first-order valence-electron chi connectivity index (χ1n) is 9.14. The van der Waals surface area contributed by atoms with Crippen LogP contribution in [-0.2, 0) is 4.79 Å². The van der Waals surface area contributed by atoms with E-state index < -0.39 is 0 Å². The minimum absolute atomic E-state index is 0.112. The predicted molar refractivity (Wildman–Crippen MR) is 115 cm³/mol. The molecule has 0 saturated carbocycles. The highest BCUT2D eigenvalue weighted by molar-refractivity contribution is 5.95. The first-order valence-corrected chi connectivity index (χ1v) is 9.14. The normalized spacial score (nSPS) is 10.2. The molecule has 0 spiro atoms. The molecule has 0 aliphatic heterocycles. The van der Waals surface area contributed by atoms with Crippen molar-refractivity contribution >= 4 is 17.3 Å². The van der Waals surface area contributed by atoms with Gasteiger partial charge < -0.3 is 24.8 Å². The zero-order valence-corrected chi connectivity index (χ0v) is 16.7. The third kappa shape index (κ3) is 4.79. The molecule has 0 heterocycles. The maximum Gasteiger partial charge on any atom is 0.243 e. The summed E-state index contributed by atoms with van der Waals surface area (Å²) in [4.78, 5) is 12.5. The van der Waals surface area contributed by atoms with Gasteiger partial charge in [0.2, 0.25) is 11.7 Å². The smallest absolute Gasteiger partial charge is 0.243 e. The second-order valence-electron chi connectivity index (χ2n) is 6.23. The monoisotopic (exact) mass is 392 g/mol. The van der Waals surface area contributed by atoms with Gasteiger partial charge in [0, 0.05) is 29.1 Å². The van der Waals surface area contributed by atoms with Gasteiger partial charge in [0.15, 0.2) is 11.5 Å². The molecule has 3 aromatic rings. The van der Waals surface area contributed by atoms with Crippen LogP contribution in [0.4, 0.5) is 11.4 Å². The Labute approximate surface area is 170 Å². The molecule has 0 atom stereocenters. The minimum Gasteiger partial charge on any atom is -0.493 e. The zero-order valence-electron chi connectivity index (χ0n) is 16.7. The Morgan fingerprint density at radius 2 is 1.45 bits per heavy atom. The number of carbonyl (C=O) groups excluding carboxylic acids is 1. The molecule has 1 amide bonds. The highest BCUT2D eigenvalue weighted by Crippen LogP contribution is 2.39. The van der Waals surface area contributed by atoms with E-state index in [1.165, 1.54) is 21.3 Å². The Morgan fingerprint density at radius 3 is 2.07 bits per heavy atom. The number of amides is 1. The van der Waals surface area contributed by atoms with Gasteiger partial charge in [0.25, 0.3) is 0 Å². The van der Waals surface area contributed by atoms with Crippen LogP contribution in [0.5, 0.6) is 17.2 Å². The van der Waals surface area contributed by atoms with E-state index >= 15 is 0 Å². The van der Waals surface area contributed by atoms with Crippen LogP contribution in [0.25, 0.3) is 11.1 Å². The molecule has 0 aromatic heterocycles. The molecular weight excluding hydrogens is 368 g/mol. The van der Waals surface area contributed by atoms with Crippen LogP contribution in [0.2, 0.25) is 0 Å². The molecule has 0 aliphatic carbocycles. The molecule has 29 heavy (non-hydrogen) atoms. The van der Waals surface area contributed by atoms with E-state index in [9.17, 15) is 4.79 Å². The number of hydrogen-bond acceptors (Lipinski definition) is 5. The molecule has 6 heteroatoms. The molecule has 0 fully saturated rings. The third-order valence-electron chi connectivity index (χ3n) is 4.40. The summed E-state index contributed by atoms with van der Waals surface area (Å²) in [7, 11) is 4.60. The number of anilines is 2. The van der Waals surface area contributed by atoms with Gasteiger partial charge in [-0.1, -0.05) is 48.5 Å². The third-order valence-corrected chi connectivity index (χ3v) is 4.40. The Hall–Kier alpha value is -3.67. The summed E-state index contributed by atoms with van der Waals surface area (Å²) < 4.78 is 15.9. The van der Waals surface area contributed by atoms with E-state index in [0.717, 1.165) is 16.8 Å². The van der Waals surface area contributed by atoms with Crippen LogP contribution in [0, 0.1) is 0 Å². The minimum atomic E-state index is -0.192. The number of rotatable bonds is 8. The van der Waals surface area contributed by atoms with Crippen LogP contribution < -0.4 is 24.8 Å². The fourth-order valence-corrected chi connectivity index (χ4v) is 3.04. The van der Waals surface area contributed by atoms with Crippen molar-refractivity contribution in [1.29, 1.82) is 0 Å². The van der Waals surface area contributed by atoms with Crippen molar-refractivity contribution in [2.75, 3.05) is 38.5 Å². The van der Waals surface area contributed by atoms with Crippen molar-refractivity contribution in [2.24, 2.45) is 0 Å². The largest absolute Gasteiger partial charge is 0.493 e. The van der Waals surface area contributed by atoms with Crippen molar-refractivity contribution in [2.45, 2.75) is 0 Å². The summed E-state index contributed by atoms with van der Waals surface area (Å²) in [5.41, 5.74) is 3.57. The van der Waals surface area contributed by atoms with E-state index in [0.29, 0.717) is 22.9 Å². The van der Waals surface area contributed by atoms with Gasteiger partial charge in [0.05, 0.1) is 27.9 Å². The SMILES string of the molecule is COc1cc(NC(=O)CNc2ccccc2-c2ccccc2)cc(OC)c1OC. The number of carbonyl (C=O) groups is 1. The van der Waals surface area contributed by atoms with Crippen molar-refractivity contribution < 1.29 is 19.0 Å². The van der Waals surface area contributed by atoms with E-state index in [4.69, 9.17) is 14.2 Å². The number of hydrogen-bond donors (Lipinski definition) is 2. The van der Waals surface area contributed by atoms with Crippen molar-refractivity contribution in [3.8, 4) is 28.4 Å². The summed E-state index contributed by atoms with van der Waals surface area (Å²) >= 11 is 0. The molecule has 0 unspecified atom stereocenters. The van der Waals surface area contributed by atoms with Crippen molar-refractivity contribution in [3.05, 3.63) is 66.7 Å².